The molecule has 5 nitrogen and oxygen atoms in total. The summed E-state index contributed by atoms with van der Waals surface area (Å²) in [5, 5.41) is 9.00. The second-order valence-electron chi connectivity index (χ2n) is 5.14. The molecular formula is C17H19NO4S. The molecule has 0 bridgehead atoms. The molecule has 2 N–H and O–H groups in total. The van der Waals surface area contributed by atoms with Crippen LogP contribution in [0.4, 0.5) is 5.69 Å². The molecule has 0 aliphatic heterocycles. The van der Waals surface area contributed by atoms with Gasteiger partial charge in [0.2, 0.25) is 0 Å². The fourth-order valence-electron chi connectivity index (χ4n) is 2.29. The van der Waals surface area contributed by atoms with Crippen LogP contribution in [0.5, 0.6) is 0 Å². The van der Waals surface area contributed by atoms with Gasteiger partial charge < -0.3 is 5.11 Å². The fraction of sp³-hybridized carbons (Fsp3) is 0.235. The molecule has 0 spiro atoms. The zero-order chi connectivity index (χ0) is 17.0. The highest BCUT2D eigenvalue weighted by molar-refractivity contribution is 7.92. The Labute approximate surface area is 136 Å². The summed E-state index contributed by atoms with van der Waals surface area (Å²) in [5.41, 5.74) is 1.92. The van der Waals surface area contributed by atoms with Crippen molar-refractivity contribution in [3.63, 3.8) is 0 Å². The highest BCUT2D eigenvalue weighted by atomic mass is 32.2. The van der Waals surface area contributed by atoms with Gasteiger partial charge in [-0.15, -0.1) is 0 Å². The maximum atomic E-state index is 12.7. The molecule has 0 unspecified atom stereocenters. The largest absolute Gasteiger partial charge is 0.478 e. The Morgan fingerprint density at radius 2 is 1.83 bits per heavy atom. The van der Waals surface area contributed by atoms with Crippen LogP contribution in [0, 0.1) is 0 Å². The maximum Gasteiger partial charge on any atom is 0.335 e. The molecule has 2 aromatic rings. The van der Waals surface area contributed by atoms with Gasteiger partial charge in [0.15, 0.2) is 0 Å². The first-order valence-corrected chi connectivity index (χ1v) is 8.83. The van der Waals surface area contributed by atoms with Crippen LogP contribution in [-0.4, -0.2) is 19.5 Å². The molecule has 0 aliphatic carbocycles. The minimum Gasteiger partial charge on any atom is -0.478 e. The molecular weight excluding hydrogens is 314 g/mol. The van der Waals surface area contributed by atoms with E-state index in [4.69, 9.17) is 5.11 Å². The average Bonchev–Trinajstić information content (AvgIpc) is 2.54. The van der Waals surface area contributed by atoms with E-state index in [1.807, 2.05) is 26.0 Å². The Balaban J connectivity index is 2.43. The summed E-state index contributed by atoms with van der Waals surface area (Å²) >= 11 is 0. The van der Waals surface area contributed by atoms with Crippen LogP contribution < -0.4 is 4.72 Å². The first kappa shape index (κ1) is 17.0. The molecule has 0 atom stereocenters. The lowest BCUT2D eigenvalue weighted by atomic mass is 10.1. The van der Waals surface area contributed by atoms with Gasteiger partial charge in [0.1, 0.15) is 0 Å². The molecule has 122 valence electrons. The van der Waals surface area contributed by atoms with E-state index in [0.717, 1.165) is 17.5 Å². The van der Waals surface area contributed by atoms with E-state index in [-0.39, 0.29) is 16.1 Å². The number of anilines is 1. The van der Waals surface area contributed by atoms with Gasteiger partial charge in [-0.2, -0.15) is 0 Å². The summed E-state index contributed by atoms with van der Waals surface area (Å²) in [4.78, 5) is 11.2. The lowest BCUT2D eigenvalue weighted by Gasteiger charge is -2.13. The number of aryl methyl sites for hydroxylation is 2. The summed E-state index contributed by atoms with van der Waals surface area (Å²) in [6.45, 7) is 3.85. The third-order valence-corrected chi connectivity index (χ3v) is 5.04. The zero-order valence-corrected chi connectivity index (χ0v) is 13.9. The quantitative estimate of drug-likeness (QED) is 0.849. The maximum absolute atomic E-state index is 12.7. The number of carboxylic acids is 1. The van der Waals surface area contributed by atoms with Crippen LogP contribution >= 0.6 is 0 Å². The van der Waals surface area contributed by atoms with Crippen LogP contribution in [0.25, 0.3) is 0 Å². The van der Waals surface area contributed by atoms with Gasteiger partial charge >= 0.3 is 5.97 Å². The van der Waals surface area contributed by atoms with Gasteiger partial charge in [0.25, 0.3) is 10.0 Å². The third-order valence-electron chi connectivity index (χ3n) is 3.57. The predicted molar refractivity (Wildman–Crippen MR) is 89.4 cm³/mol. The average molecular weight is 333 g/mol. The summed E-state index contributed by atoms with van der Waals surface area (Å²) in [6, 6.07) is 11.2. The summed E-state index contributed by atoms with van der Waals surface area (Å²) < 4.78 is 27.8. The minimum absolute atomic E-state index is 0.0308. The highest BCUT2D eigenvalue weighted by Crippen LogP contribution is 2.22. The van der Waals surface area contributed by atoms with Gasteiger partial charge in [-0.25, -0.2) is 13.2 Å². The van der Waals surface area contributed by atoms with Crippen molar-refractivity contribution >= 4 is 21.7 Å². The van der Waals surface area contributed by atoms with E-state index in [0.29, 0.717) is 6.42 Å². The van der Waals surface area contributed by atoms with Gasteiger partial charge in [0.05, 0.1) is 10.5 Å². The molecule has 0 radical (unpaired) electrons. The number of benzene rings is 2. The molecule has 2 rings (SSSR count). The minimum atomic E-state index is -3.77. The zero-order valence-electron chi connectivity index (χ0n) is 13.0. The van der Waals surface area contributed by atoms with Crippen molar-refractivity contribution in [3.05, 3.63) is 59.2 Å². The third kappa shape index (κ3) is 3.90. The number of hydrogen-bond donors (Lipinski definition) is 2. The number of carbonyl (C=O) groups is 1. The molecule has 0 saturated carbocycles. The van der Waals surface area contributed by atoms with Crippen molar-refractivity contribution in [2.45, 2.75) is 31.6 Å². The summed E-state index contributed by atoms with van der Waals surface area (Å²) in [7, 11) is -3.77. The number of rotatable bonds is 6. The second-order valence-corrected chi connectivity index (χ2v) is 6.79. The lowest BCUT2D eigenvalue weighted by Crippen LogP contribution is -2.15. The number of hydrogen-bond acceptors (Lipinski definition) is 3. The number of aromatic carboxylic acids is 1. The van der Waals surface area contributed by atoms with E-state index in [2.05, 4.69) is 4.72 Å². The summed E-state index contributed by atoms with van der Waals surface area (Å²) in [5.74, 6) is -1.10. The Kier molecular flexibility index (Phi) is 5.05. The van der Waals surface area contributed by atoms with Gasteiger partial charge in [-0.3, -0.25) is 4.72 Å². The Hall–Kier alpha value is -2.34. The van der Waals surface area contributed by atoms with Crippen molar-refractivity contribution in [3.8, 4) is 0 Å². The SMILES string of the molecule is CCc1ccc(CC)c(S(=O)(=O)Nc2cccc(C(=O)O)c2)c1. The molecule has 0 heterocycles. The second kappa shape index (κ2) is 6.83. The van der Waals surface area contributed by atoms with E-state index in [1.54, 1.807) is 6.07 Å². The normalized spacial score (nSPS) is 11.2. The molecule has 0 aliphatic rings. The van der Waals surface area contributed by atoms with Crippen molar-refractivity contribution in [1.29, 1.82) is 0 Å². The van der Waals surface area contributed by atoms with Gasteiger partial charge in [0, 0.05) is 5.69 Å². The molecule has 2 aromatic carbocycles. The van der Waals surface area contributed by atoms with Crippen LogP contribution in [0.3, 0.4) is 0 Å². The van der Waals surface area contributed by atoms with E-state index >= 15 is 0 Å². The number of sulfonamides is 1. The van der Waals surface area contributed by atoms with Crippen LogP contribution in [0.15, 0.2) is 47.4 Å². The van der Waals surface area contributed by atoms with E-state index < -0.39 is 16.0 Å². The van der Waals surface area contributed by atoms with Crippen molar-refractivity contribution < 1.29 is 18.3 Å². The van der Waals surface area contributed by atoms with Crippen molar-refractivity contribution in [1.82, 2.24) is 0 Å². The predicted octanol–water partition coefficient (Wildman–Crippen LogP) is 3.31. The first-order chi connectivity index (χ1) is 10.9. The van der Waals surface area contributed by atoms with Gasteiger partial charge in [-0.05, 0) is 48.2 Å². The topological polar surface area (TPSA) is 83.5 Å². The van der Waals surface area contributed by atoms with Crippen LogP contribution in [0.1, 0.15) is 35.3 Å². The standard InChI is InChI=1S/C17H19NO4S/c1-3-12-8-9-13(4-2)16(10-12)23(21,22)18-15-7-5-6-14(11-15)17(19)20/h5-11,18H,3-4H2,1-2H3,(H,19,20). The number of carboxylic acid groups (broad SMARTS) is 1. The Bertz CT molecular complexity index is 828. The first-order valence-electron chi connectivity index (χ1n) is 7.35. The smallest absolute Gasteiger partial charge is 0.335 e. The van der Waals surface area contributed by atoms with E-state index in [9.17, 15) is 13.2 Å². The highest BCUT2D eigenvalue weighted by Gasteiger charge is 2.19. The monoisotopic (exact) mass is 333 g/mol. The summed E-state index contributed by atoms with van der Waals surface area (Å²) in [6.07, 6.45) is 1.33. The van der Waals surface area contributed by atoms with Gasteiger partial charge in [-0.1, -0.05) is 32.0 Å². The molecule has 6 heteroatoms. The molecule has 0 fully saturated rings. The molecule has 23 heavy (non-hydrogen) atoms. The molecule has 0 saturated heterocycles. The Morgan fingerprint density at radius 1 is 1.09 bits per heavy atom. The van der Waals surface area contributed by atoms with Crippen molar-refractivity contribution in [2.75, 3.05) is 4.72 Å². The van der Waals surface area contributed by atoms with E-state index in [1.165, 1.54) is 24.3 Å². The van der Waals surface area contributed by atoms with Crippen molar-refractivity contribution in [2.24, 2.45) is 0 Å². The Morgan fingerprint density at radius 3 is 2.43 bits per heavy atom. The van der Waals surface area contributed by atoms with Crippen LogP contribution in [-0.2, 0) is 22.9 Å². The molecule has 0 amide bonds. The number of nitrogens with one attached hydrogen (secondary N) is 1. The molecule has 0 aromatic heterocycles. The lowest BCUT2D eigenvalue weighted by molar-refractivity contribution is 0.0697. The fourth-order valence-corrected chi connectivity index (χ4v) is 3.70. The van der Waals surface area contributed by atoms with Crippen LogP contribution in [0.2, 0.25) is 0 Å².